The molecule has 0 unspecified atom stereocenters. The molecule has 2 rings (SSSR count). The number of nitrogens with zero attached hydrogens (tertiary/aromatic N) is 1. The molecule has 3 N–H and O–H groups in total. The van der Waals surface area contributed by atoms with Gasteiger partial charge in [0.15, 0.2) is 0 Å². The second-order valence-electron chi connectivity index (χ2n) is 3.47. The largest absolute Gasteiger partial charge is 0.377 e. The van der Waals surface area contributed by atoms with Gasteiger partial charge in [0.2, 0.25) is 0 Å². The molecule has 0 atom stereocenters. The van der Waals surface area contributed by atoms with Crippen LogP contribution in [0.4, 0.5) is 5.69 Å². The Labute approximate surface area is 82.6 Å². The van der Waals surface area contributed by atoms with E-state index in [-0.39, 0.29) is 0 Å². The van der Waals surface area contributed by atoms with Crippen LogP contribution in [0.1, 0.15) is 11.1 Å². The molecule has 0 saturated carbocycles. The predicted molar refractivity (Wildman–Crippen MR) is 57.6 cm³/mol. The van der Waals surface area contributed by atoms with Crippen LogP contribution in [0.15, 0.2) is 18.2 Å². The lowest BCUT2D eigenvalue weighted by atomic mass is 10.1. The SMILES string of the molecule is CN(C)c1cccc2c1C(=N)NC2=N. The Morgan fingerprint density at radius 2 is 1.86 bits per heavy atom. The molecule has 4 heteroatoms. The van der Waals surface area contributed by atoms with E-state index in [4.69, 9.17) is 10.8 Å². The van der Waals surface area contributed by atoms with Gasteiger partial charge in [0.05, 0.1) is 5.56 Å². The van der Waals surface area contributed by atoms with Gasteiger partial charge in [0, 0.05) is 25.3 Å². The number of fused-ring (bicyclic) bond motifs is 1. The summed E-state index contributed by atoms with van der Waals surface area (Å²) in [5.74, 6) is 0.628. The first-order chi connectivity index (χ1) is 6.61. The summed E-state index contributed by atoms with van der Waals surface area (Å²) in [5.41, 5.74) is 2.60. The Morgan fingerprint density at radius 3 is 2.50 bits per heavy atom. The van der Waals surface area contributed by atoms with E-state index in [1.54, 1.807) is 0 Å². The van der Waals surface area contributed by atoms with Gasteiger partial charge in [-0.05, 0) is 6.07 Å². The molecule has 0 aromatic heterocycles. The van der Waals surface area contributed by atoms with Gasteiger partial charge in [-0.25, -0.2) is 0 Å². The molecular formula is C10H12N4. The van der Waals surface area contributed by atoms with E-state index in [1.807, 2.05) is 37.2 Å². The third-order valence-electron chi connectivity index (χ3n) is 2.29. The molecule has 72 valence electrons. The van der Waals surface area contributed by atoms with Crippen molar-refractivity contribution in [2.45, 2.75) is 0 Å². The summed E-state index contributed by atoms with van der Waals surface area (Å²) in [6.07, 6.45) is 0. The molecule has 14 heavy (non-hydrogen) atoms. The van der Waals surface area contributed by atoms with Crippen LogP contribution in [-0.4, -0.2) is 25.8 Å². The number of anilines is 1. The van der Waals surface area contributed by atoms with E-state index in [1.165, 1.54) is 0 Å². The minimum atomic E-state index is 0.314. The third-order valence-corrected chi connectivity index (χ3v) is 2.29. The highest BCUT2D eigenvalue weighted by molar-refractivity contribution is 6.25. The fraction of sp³-hybridized carbons (Fsp3) is 0.200. The Morgan fingerprint density at radius 1 is 1.14 bits per heavy atom. The summed E-state index contributed by atoms with van der Waals surface area (Å²) in [7, 11) is 3.87. The molecule has 0 saturated heterocycles. The van der Waals surface area contributed by atoms with Crippen molar-refractivity contribution >= 4 is 17.4 Å². The van der Waals surface area contributed by atoms with Crippen molar-refractivity contribution < 1.29 is 0 Å². The summed E-state index contributed by atoms with van der Waals surface area (Å²) in [5, 5.41) is 18.1. The molecule has 1 aromatic carbocycles. The second-order valence-corrected chi connectivity index (χ2v) is 3.47. The van der Waals surface area contributed by atoms with Gasteiger partial charge >= 0.3 is 0 Å². The van der Waals surface area contributed by atoms with Gasteiger partial charge in [-0.1, -0.05) is 12.1 Å². The average Bonchev–Trinajstić information content (AvgIpc) is 2.43. The lowest BCUT2D eigenvalue weighted by Crippen LogP contribution is -2.21. The molecule has 4 nitrogen and oxygen atoms in total. The Bertz CT molecular complexity index is 420. The van der Waals surface area contributed by atoms with E-state index in [9.17, 15) is 0 Å². The number of benzene rings is 1. The van der Waals surface area contributed by atoms with Crippen LogP contribution in [-0.2, 0) is 0 Å². The lowest BCUT2D eigenvalue weighted by molar-refractivity contribution is 1.13. The maximum atomic E-state index is 7.72. The zero-order valence-electron chi connectivity index (χ0n) is 8.18. The second kappa shape index (κ2) is 2.83. The Hall–Kier alpha value is -1.84. The van der Waals surface area contributed by atoms with Gasteiger partial charge in [-0.3, -0.25) is 10.8 Å². The zero-order chi connectivity index (χ0) is 10.3. The molecule has 1 aromatic rings. The number of rotatable bonds is 1. The first kappa shape index (κ1) is 8.74. The number of hydrogen-bond donors (Lipinski definition) is 3. The van der Waals surface area contributed by atoms with Crippen LogP contribution in [0.2, 0.25) is 0 Å². The molecule has 0 bridgehead atoms. The van der Waals surface area contributed by atoms with E-state index < -0.39 is 0 Å². The maximum Gasteiger partial charge on any atom is 0.133 e. The lowest BCUT2D eigenvalue weighted by Gasteiger charge is -2.15. The number of amidine groups is 2. The Balaban J connectivity index is 2.68. The highest BCUT2D eigenvalue weighted by atomic mass is 15.1. The number of nitrogens with one attached hydrogen (secondary N) is 3. The van der Waals surface area contributed by atoms with Gasteiger partial charge in [0.1, 0.15) is 11.7 Å². The monoisotopic (exact) mass is 188 g/mol. The molecule has 0 aliphatic carbocycles. The van der Waals surface area contributed by atoms with Crippen LogP contribution < -0.4 is 10.2 Å². The molecule has 0 amide bonds. The molecule has 1 aliphatic heterocycles. The Kier molecular flexibility index (Phi) is 1.77. The van der Waals surface area contributed by atoms with Gasteiger partial charge in [-0.2, -0.15) is 0 Å². The summed E-state index contributed by atoms with van der Waals surface area (Å²) in [6.45, 7) is 0. The van der Waals surface area contributed by atoms with E-state index in [0.29, 0.717) is 11.7 Å². The fourth-order valence-corrected chi connectivity index (χ4v) is 1.64. The maximum absolute atomic E-state index is 7.72. The van der Waals surface area contributed by atoms with Gasteiger partial charge in [0.25, 0.3) is 0 Å². The van der Waals surface area contributed by atoms with Crippen molar-refractivity contribution in [3.05, 3.63) is 29.3 Å². The highest BCUT2D eigenvalue weighted by Gasteiger charge is 2.24. The van der Waals surface area contributed by atoms with Crippen molar-refractivity contribution in [1.29, 1.82) is 10.8 Å². The number of hydrogen-bond acceptors (Lipinski definition) is 3. The van der Waals surface area contributed by atoms with Crippen LogP contribution in [0.3, 0.4) is 0 Å². The van der Waals surface area contributed by atoms with Crippen molar-refractivity contribution in [1.82, 2.24) is 5.32 Å². The van der Waals surface area contributed by atoms with Crippen LogP contribution >= 0.6 is 0 Å². The normalized spacial score (nSPS) is 13.9. The van der Waals surface area contributed by atoms with E-state index >= 15 is 0 Å². The van der Waals surface area contributed by atoms with E-state index in [2.05, 4.69) is 5.32 Å². The quantitative estimate of drug-likeness (QED) is 0.615. The van der Waals surface area contributed by atoms with E-state index in [0.717, 1.165) is 16.8 Å². The van der Waals surface area contributed by atoms with Crippen LogP contribution in [0, 0.1) is 10.8 Å². The summed E-state index contributed by atoms with van der Waals surface area (Å²) < 4.78 is 0. The summed E-state index contributed by atoms with van der Waals surface area (Å²) in [6, 6.07) is 5.72. The molecule has 0 spiro atoms. The standard InChI is InChI=1S/C10H12N4/c1-14(2)7-5-3-4-6-8(7)10(12)13-9(6)11/h3-5H,1-2H3,(H3,11,12,13). The van der Waals surface area contributed by atoms with Gasteiger partial charge in [-0.15, -0.1) is 0 Å². The minimum Gasteiger partial charge on any atom is -0.377 e. The minimum absolute atomic E-state index is 0.314. The topological polar surface area (TPSA) is 63.0 Å². The van der Waals surface area contributed by atoms with Crippen LogP contribution in [0.5, 0.6) is 0 Å². The molecule has 0 radical (unpaired) electrons. The van der Waals surface area contributed by atoms with Crippen molar-refractivity contribution in [2.75, 3.05) is 19.0 Å². The van der Waals surface area contributed by atoms with Crippen molar-refractivity contribution in [3.8, 4) is 0 Å². The van der Waals surface area contributed by atoms with Gasteiger partial charge < -0.3 is 10.2 Å². The van der Waals surface area contributed by atoms with Crippen LogP contribution in [0.25, 0.3) is 0 Å². The smallest absolute Gasteiger partial charge is 0.133 e. The first-order valence-electron chi connectivity index (χ1n) is 4.36. The predicted octanol–water partition coefficient (Wildman–Crippen LogP) is 1.01. The first-order valence-corrected chi connectivity index (χ1v) is 4.36. The molecular weight excluding hydrogens is 176 g/mol. The average molecular weight is 188 g/mol. The molecule has 0 fully saturated rings. The molecule has 1 heterocycles. The molecule has 1 aliphatic rings. The fourth-order valence-electron chi connectivity index (χ4n) is 1.64. The van der Waals surface area contributed by atoms with Crippen molar-refractivity contribution in [3.63, 3.8) is 0 Å². The van der Waals surface area contributed by atoms with Crippen molar-refractivity contribution in [2.24, 2.45) is 0 Å². The third kappa shape index (κ3) is 1.08. The zero-order valence-corrected chi connectivity index (χ0v) is 8.18. The highest BCUT2D eigenvalue weighted by Crippen LogP contribution is 2.25. The summed E-state index contributed by atoms with van der Waals surface area (Å²) >= 11 is 0. The summed E-state index contributed by atoms with van der Waals surface area (Å²) in [4.78, 5) is 1.95.